The van der Waals surface area contributed by atoms with Gasteiger partial charge in [-0.3, -0.25) is 0 Å². The maximum absolute atomic E-state index is 12.8. The Kier molecular flexibility index (Phi) is 4.58. The molecule has 0 aromatic heterocycles. The van der Waals surface area contributed by atoms with Gasteiger partial charge in [0.25, 0.3) is 0 Å². The number of hydrogen-bond acceptors (Lipinski definition) is 2. The number of rotatable bonds is 4. The molecule has 19 heavy (non-hydrogen) atoms. The molecule has 106 valence electrons. The normalized spacial score (nSPS) is 22.7. The molecule has 0 bridgehead atoms. The molecule has 1 atom stereocenters. The first-order valence-electron chi connectivity index (χ1n) is 7.16. The van der Waals surface area contributed by atoms with Crippen molar-refractivity contribution in [1.82, 2.24) is 10.2 Å². The van der Waals surface area contributed by atoms with Gasteiger partial charge in [-0.15, -0.1) is 0 Å². The fourth-order valence-electron chi connectivity index (χ4n) is 2.86. The second-order valence-corrected chi connectivity index (χ2v) is 6.31. The Morgan fingerprint density at radius 2 is 2.00 bits per heavy atom. The number of halogens is 1. The van der Waals surface area contributed by atoms with Gasteiger partial charge in [0.1, 0.15) is 5.82 Å². The summed E-state index contributed by atoms with van der Waals surface area (Å²) >= 11 is 0. The van der Waals surface area contributed by atoms with E-state index in [-0.39, 0.29) is 11.4 Å². The van der Waals surface area contributed by atoms with Crippen molar-refractivity contribution in [3.63, 3.8) is 0 Å². The zero-order valence-corrected chi connectivity index (χ0v) is 12.2. The van der Waals surface area contributed by atoms with Gasteiger partial charge in [-0.25, -0.2) is 4.39 Å². The van der Waals surface area contributed by atoms with Crippen LogP contribution >= 0.6 is 0 Å². The minimum absolute atomic E-state index is 0.155. The minimum Gasteiger partial charge on any atom is -0.312 e. The van der Waals surface area contributed by atoms with E-state index >= 15 is 0 Å². The van der Waals surface area contributed by atoms with Gasteiger partial charge < -0.3 is 10.2 Å². The van der Waals surface area contributed by atoms with Crippen molar-refractivity contribution in [1.29, 1.82) is 0 Å². The summed E-state index contributed by atoms with van der Waals surface area (Å²) in [5.41, 5.74) is 1.45. The zero-order chi connectivity index (χ0) is 13.9. The van der Waals surface area contributed by atoms with Crippen LogP contribution in [0.5, 0.6) is 0 Å². The predicted octanol–water partition coefficient (Wildman–Crippen LogP) is 2.83. The first-order valence-corrected chi connectivity index (χ1v) is 7.16. The molecule has 3 heteroatoms. The summed E-state index contributed by atoms with van der Waals surface area (Å²) in [5.74, 6) is -0.155. The largest absolute Gasteiger partial charge is 0.312 e. The molecule has 2 nitrogen and oxygen atoms in total. The van der Waals surface area contributed by atoms with Crippen LogP contribution in [0.25, 0.3) is 0 Å². The average Bonchev–Trinajstić information content (AvgIpc) is 2.36. The van der Waals surface area contributed by atoms with Crippen molar-refractivity contribution in [3.05, 3.63) is 35.6 Å². The summed E-state index contributed by atoms with van der Waals surface area (Å²) in [5, 5.41) is 3.55. The number of hydrogen-bond donors (Lipinski definition) is 1. The molecule has 1 fully saturated rings. The molecule has 1 aliphatic heterocycles. The highest BCUT2D eigenvalue weighted by Crippen LogP contribution is 2.22. The van der Waals surface area contributed by atoms with Gasteiger partial charge in [0.15, 0.2) is 0 Å². The highest BCUT2D eigenvalue weighted by Gasteiger charge is 2.29. The Balaban J connectivity index is 1.83. The first-order chi connectivity index (χ1) is 8.96. The third-order valence-corrected chi connectivity index (χ3v) is 4.12. The monoisotopic (exact) mass is 264 g/mol. The van der Waals surface area contributed by atoms with E-state index in [1.165, 1.54) is 18.4 Å². The molecule has 0 spiro atoms. The Hall–Kier alpha value is -0.930. The number of nitrogens with zero attached hydrogens (tertiary/aromatic N) is 1. The van der Waals surface area contributed by atoms with E-state index in [4.69, 9.17) is 0 Å². The van der Waals surface area contributed by atoms with Gasteiger partial charge in [-0.1, -0.05) is 12.1 Å². The number of benzene rings is 1. The van der Waals surface area contributed by atoms with Crippen LogP contribution in [-0.2, 0) is 6.42 Å². The van der Waals surface area contributed by atoms with Gasteiger partial charge in [-0.05, 0) is 64.4 Å². The van der Waals surface area contributed by atoms with Gasteiger partial charge in [0.2, 0.25) is 0 Å². The van der Waals surface area contributed by atoms with E-state index < -0.39 is 0 Å². The molecule has 1 aromatic rings. The quantitative estimate of drug-likeness (QED) is 0.899. The van der Waals surface area contributed by atoms with Crippen molar-refractivity contribution in [2.45, 2.75) is 44.7 Å². The van der Waals surface area contributed by atoms with Crippen LogP contribution in [-0.4, -0.2) is 36.6 Å². The van der Waals surface area contributed by atoms with Crippen molar-refractivity contribution in [3.8, 4) is 0 Å². The average molecular weight is 264 g/mol. The molecule has 1 N–H and O–H groups in total. The van der Waals surface area contributed by atoms with Crippen molar-refractivity contribution >= 4 is 0 Å². The second-order valence-electron chi connectivity index (χ2n) is 6.31. The molecule has 1 unspecified atom stereocenters. The van der Waals surface area contributed by atoms with E-state index in [0.717, 1.165) is 19.5 Å². The number of piperidine rings is 1. The van der Waals surface area contributed by atoms with Crippen LogP contribution in [0, 0.1) is 5.82 Å². The summed E-state index contributed by atoms with van der Waals surface area (Å²) in [6.45, 7) is 6.67. The standard InChI is InChI=1S/C16H25FN2/c1-16(2)12-15(8-10-18-16)19(3)11-9-13-4-6-14(17)7-5-13/h4-7,15,18H,8-12H2,1-3H3. The molecule has 1 heterocycles. The predicted molar refractivity (Wildman–Crippen MR) is 77.8 cm³/mol. The maximum Gasteiger partial charge on any atom is 0.123 e. The molecule has 0 aliphatic carbocycles. The Morgan fingerprint density at radius 1 is 1.32 bits per heavy atom. The van der Waals surface area contributed by atoms with Crippen LogP contribution in [0.3, 0.4) is 0 Å². The second kappa shape index (κ2) is 6.02. The van der Waals surface area contributed by atoms with Crippen LogP contribution in [0.2, 0.25) is 0 Å². The van der Waals surface area contributed by atoms with Crippen molar-refractivity contribution in [2.24, 2.45) is 0 Å². The lowest BCUT2D eigenvalue weighted by Crippen LogP contribution is -2.52. The third kappa shape index (κ3) is 4.29. The van der Waals surface area contributed by atoms with Gasteiger partial charge in [-0.2, -0.15) is 0 Å². The van der Waals surface area contributed by atoms with Gasteiger partial charge in [0, 0.05) is 18.1 Å². The van der Waals surface area contributed by atoms with E-state index in [0.29, 0.717) is 6.04 Å². The van der Waals surface area contributed by atoms with Crippen molar-refractivity contribution < 1.29 is 4.39 Å². The lowest BCUT2D eigenvalue weighted by molar-refractivity contribution is 0.145. The molecular formula is C16H25FN2. The topological polar surface area (TPSA) is 15.3 Å². The Morgan fingerprint density at radius 3 is 2.63 bits per heavy atom. The highest BCUT2D eigenvalue weighted by molar-refractivity contribution is 5.16. The smallest absolute Gasteiger partial charge is 0.123 e. The molecule has 0 radical (unpaired) electrons. The highest BCUT2D eigenvalue weighted by atomic mass is 19.1. The maximum atomic E-state index is 12.8. The van der Waals surface area contributed by atoms with Crippen molar-refractivity contribution in [2.75, 3.05) is 20.1 Å². The Labute approximate surface area is 116 Å². The van der Waals surface area contributed by atoms with E-state index in [1.54, 1.807) is 12.1 Å². The molecule has 2 rings (SSSR count). The molecule has 0 saturated carbocycles. The SMILES string of the molecule is CN(CCc1ccc(F)cc1)C1CCNC(C)(C)C1. The lowest BCUT2D eigenvalue weighted by atomic mass is 9.88. The summed E-state index contributed by atoms with van der Waals surface area (Å²) in [7, 11) is 2.20. The number of nitrogens with one attached hydrogen (secondary N) is 1. The van der Waals surface area contributed by atoms with Crippen LogP contribution in [0.15, 0.2) is 24.3 Å². The molecule has 1 saturated heterocycles. The molecular weight excluding hydrogens is 239 g/mol. The molecule has 0 amide bonds. The van der Waals surface area contributed by atoms with Crippen LogP contribution < -0.4 is 5.32 Å². The fourth-order valence-corrected chi connectivity index (χ4v) is 2.86. The first kappa shape index (κ1) is 14.5. The zero-order valence-electron chi connectivity index (χ0n) is 12.2. The Bertz CT molecular complexity index is 400. The third-order valence-electron chi connectivity index (χ3n) is 4.12. The van der Waals surface area contributed by atoms with Gasteiger partial charge in [0.05, 0.1) is 0 Å². The van der Waals surface area contributed by atoms with Crippen LogP contribution in [0.4, 0.5) is 4.39 Å². The lowest BCUT2D eigenvalue weighted by Gasteiger charge is -2.40. The summed E-state index contributed by atoms with van der Waals surface area (Å²) < 4.78 is 12.8. The van der Waals surface area contributed by atoms with Crippen LogP contribution in [0.1, 0.15) is 32.3 Å². The molecule has 1 aromatic carbocycles. The van der Waals surface area contributed by atoms with Gasteiger partial charge >= 0.3 is 0 Å². The van der Waals surface area contributed by atoms with E-state index in [1.807, 2.05) is 12.1 Å². The summed E-state index contributed by atoms with van der Waals surface area (Å²) in [6, 6.07) is 7.51. The molecule has 1 aliphatic rings. The summed E-state index contributed by atoms with van der Waals surface area (Å²) in [4.78, 5) is 2.45. The van der Waals surface area contributed by atoms with E-state index in [2.05, 4.69) is 31.1 Å². The minimum atomic E-state index is -0.155. The fraction of sp³-hybridized carbons (Fsp3) is 0.625. The van der Waals surface area contributed by atoms with E-state index in [9.17, 15) is 4.39 Å². The number of likely N-dealkylation sites (N-methyl/N-ethyl adjacent to an activating group) is 1. The summed E-state index contributed by atoms with van der Waals surface area (Å²) in [6.07, 6.45) is 3.39.